The van der Waals surface area contributed by atoms with Gasteiger partial charge in [-0.2, -0.15) is 0 Å². The highest BCUT2D eigenvalue weighted by Crippen LogP contribution is 2.25. The predicted molar refractivity (Wildman–Crippen MR) is 117 cm³/mol. The number of rotatable bonds is 8. The molecule has 8 heteroatoms. The number of aromatic nitrogens is 3. The summed E-state index contributed by atoms with van der Waals surface area (Å²) in [5.41, 5.74) is 2.05. The van der Waals surface area contributed by atoms with Crippen LogP contribution in [0.3, 0.4) is 0 Å². The summed E-state index contributed by atoms with van der Waals surface area (Å²) in [6.45, 7) is 3.84. The highest BCUT2D eigenvalue weighted by atomic mass is 16.5. The van der Waals surface area contributed by atoms with Gasteiger partial charge < -0.3 is 19.7 Å². The Kier molecular flexibility index (Phi) is 7.26. The van der Waals surface area contributed by atoms with Crippen LogP contribution in [0.25, 0.3) is 5.69 Å². The molecule has 2 aromatic carbocycles. The summed E-state index contributed by atoms with van der Waals surface area (Å²) in [7, 11) is 5.30. The Balaban J connectivity index is 1.78. The van der Waals surface area contributed by atoms with Crippen LogP contribution in [-0.4, -0.2) is 53.4 Å². The molecule has 0 radical (unpaired) electrons. The van der Waals surface area contributed by atoms with Gasteiger partial charge in [0.1, 0.15) is 24.4 Å². The van der Waals surface area contributed by atoms with Gasteiger partial charge in [-0.15, -0.1) is 10.2 Å². The Morgan fingerprint density at radius 3 is 2.63 bits per heavy atom. The van der Waals surface area contributed by atoms with Crippen LogP contribution in [0.15, 0.2) is 59.9 Å². The molecule has 0 spiro atoms. The van der Waals surface area contributed by atoms with Crippen LogP contribution in [-0.2, 0) is 13.1 Å². The molecular formula is C22H28N6O2. The van der Waals surface area contributed by atoms with Crippen molar-refractivity contribution in [3.63, 3.8) is 0 Å². The van der Waals surface area contributed by atoms with Gasteiger partial charge in [0, 0.05) is 37.5 Å². The van der Waals surface area contributed by atoms with Gasteiger partial charge in [0.15, 0.2) is 11.8 Å². The molecule has 0 atom stereocenters. The lowest BCUT2D eigenvalue weighted by Gasteiger charge is -2.23. The Morgan fingerprint density at radius 1 is 1.13 bits per heavy atom. The number of nitrogens with zero attached hydrogens (tertiary/aromatic N) is 5. The third-order valence-corrected chi connectivity index (χ3v) is 4.62. The molecule has 1 heterocycles. The molecule has 3 aromatic rings. The Hall–Kier alpha value is -3.55. The summed E-state index contributed by atoms with van der Waals surface area (Å²) in [6.07, 6.45) is 1.71. The second-order valence-corrected chi connectivity index (χ2v) is 6.66. The van der Waals surface area contributed by atoms with Crippen LogP contribution in [0.5, 0.6) is 11.5 Å². The largest absolute Gasteiger partial charge is 0.497 e. The number of guanidine groups is 1. The molecule has 0 unspecified atom stereocenters. The van der Waals surface area contributed by atoms with Crippen molar-refractivity contribution in [3.8, 4) is 17.2 Å². The van der Waals surface area contributed by atoms with Crippen LogP contribution in [0, 0.1) is 0 Å². The molecule has 0 aliphatic carbocycles. The fraction of sp³-hybridized carbons (Fsp3) is 0.318. The zero-order valence-corrected chi connectivity index (χ0v) is 17.9. The van der Waals surface area contributed by atoms with E-state index in [1.807, 2.05) is 67.1 Å². The predicted octanol–water partition coefficient (Wildman–Crippen LogP) is 2.88. The average molecular weight is 409 g/mol. The number of hydrogen-bond donors (Lipinski definition) is 1. The molecule has 0 amide bonds. The lowest BCUT2D eigenvalue weighted by Crippen LogP contribution is -2.38. The zero-order chi connectivity index (χ0) is 21.3. The summed E-state index contributed by atoms with van der Waals surface area (Å²) < 4.78 is 12.8. The second-order valence-electron chi connectivity index (χ2n) is 6.66. The quantitative estimate of drug-likeness (QED) is 0.456. The summed E-state index contributed by atoms with van der Waals surface area (Å²) in [4.78, 5) is 6.82. The maximum absolute atomic E-state index is 5.52. The Morgan fingerprint density at radius 2 is 1.93 bits per heavy atom. The van der Waals surface area contributed by atoms with Gasteiger partial charge in [-0.05, 0) is 31.2 Å². The fourth-order valence-electron chi connectivity index (χ4n) is 3.10. The minimum atomic E-state index is 0.404. The van der Waals surface area contributed by atoms with E-state index in [1.54, 1.807) is 20.5 Å². The normalized spacial score (nSPS) is 11.3. The number of nitrogens with one attached hydrogen (secondary N) is 1. The summed E-state index contributed by atoms with van der Waals surface area (Å²) in [6, 6.07) is 15.8. The second kappa shape index (κ2) is 10.3. The average Bonchev–Trinajstić information content (AvgIpc) is 3.26. The van der Waals surface area contributed by atoms with E-state index >= 15 is 0 Å². The minimum Gasteiger partial charge on any atom is -0.497 e. The third-order valence-electron chi connectivity index (χ3n) is 4.62. The van der Waals surface area contributed by atoms with Crippen molar-refractivity contribution in [2.45, 2.75) is 20.0 Å². The molecule has 0 saturated heterocycles. The Bertz CT molecular complexity index is 971. The maximum atomic E-state index is 5.52. The van der Waals surface area contributed by atoms with Gasteiger partial charge in [0.2, 0.25) is 0 Å². The first-order chi connectivity index (χ1) is 14.7. The highest BCUT2D eigenvalue weighted by molar-refractivity contribution is 5.79. The number of para-hydroxylation sites is 1. The lowest BCUT2D eigenvalue weighted by atomic mass is 10.2. The first-order valence-electron chi connectivity index (χ1n) is 9.81. The molecule has 0 aliphatic rings. The minimum absolute atomic E-state index is 0.404. The van der Waals surface area contributed by atoms with Crippen LogP contribution >= 0.6 is 0 Å². The number of hydrogen-bond acceptors (Lipinski definition) is 5. The molecule has 0 aliphatic heterocycles. The van der Waals surface area contributed by atoms with Gasteiger partial charge >= 0.3 is 0 Å². The molecule has 1 N–H and O–H groups in total. The van der Waals surface area contributed by atoms with E-state index in [9.17, 15) is 0 Å². The lowest BCUT2D eigenvalue weighted by molar-refractivity contribution is 0.382. The fourth-order valence-corrected chi connectivity index (χ4v) is 3.10. The van der Waals surface area contributed by atoms with Gasteiger partial charge in [-0.1, -0.05) is 18.2 Å². The van der Waals surface area contributed by atoms with E-state index in [0.717, 1.165) is 41.1 Å². The SMILES string of the molecule is CCNC(=NCc1nncn1-c1ccccc1)N(C)Cc1ccc(OC)cc1OC. The van der Waals surface area contributed by atoms with E-state index in [0.29, 0.717) is 13.1 Å². The van der Waals surface area contributed by atoms with E-state index in [4.69, 9.17) is 14.5 Å². The molecule has 30 heavy (non-hydrogen) atoms. The smallest absolute Gasteiger partial charge is 0.194 e. The van der Waals surface area contributed by atoms with Gasteiger partial charge in [0.25, 0.3) is 0 Å². The maximum Gasteiger partial charge on any atom is 0.194 e. The van der Waals surface area contributed by atoms with Crippen molar-refractivity contribution in [2.24, 2.45) is 4.99 Å². The Labute approximate surface area is 177 Å². The number of benzene rings is 2. The number of aliphatic imine (C=N–C) groups is 1. The van der Waals surface area contributed by atoms with Gasteiger partial charge in [0.05, 0.1) is 14.2 Å². The first kappa shape index (κ1) is 21.2. The highest BCUT2D eigenvalue weighted by Gasteiger charge is 2.12. The van der Waals surface area contributed by atoms with E-state index in [1.165, 1.54) is 0 Å². The van der Waals surface area contributed by atoms with Crippen LogP contribution in [0.2, 0.25) is 0 Å². The molecule has 0 fully saturated rings. The molecule has 3 rings (SSSR count). The van der Waals surface area contributed by atoms with Gasteiger partial charge in [-0.3, -0.25) is 4.57 Å². The molecule has 158 valence electrons. The third kappa shape index (κ3) is 5.08. The zero-order valence-electron chi connectivity index (χ0n) is 17.9. The number of methoxy groups -OCH3 is 2. The van der Waals surface area contributed by atoms with Crippen LogP contribution in [0.1, 0.15) is 18.3 Å². The standard InChI is InChI=1S/C22H28N6O2/c1-5-23-22(27(2)15-17-11-12-19(29-3)13-20(17)30-4)24-14-21-26-25-16-28(21)18-9-7-6-8-10-18/h6-13,16H,5,14-15H2,1-4H3,(H,23,24). The molecule has 8 nitrogen and oxygen atoms in total. The summed E-state index contributed by atoms with van der Waals surface area (Å²) >= 11 is 0. The molecule has 0 bridgehead atoms. The number of ether oxygens (including phenoxy) is 2. The topological polar surface area (TPSA) is 76.8 Å². The summed E-state index contributed by atoms with van der Waals surface area (Å²) in [5, 5.41) is 11.6. The van der Waals surface area contributed by atoms with E-state index < -0.39 is 0 Å². The molecule has 0 saturated carbocycles. The first-order valence-corrected chi connectivity index (χ1v) is 9.81. The van der Waals surface area contributed by atoms with Crippen molar-refractivity contribution < 1.29 is 9.47 Å². The van der Waals surface area contributed by atoms with Crippen molar-refractivity contribution in [1.29, 1.82) is 0 Å². The van der Waals surface area contributed by atoms with E-state index in [2.05, 4.69) is 20.4 Å². The monoisotopic (exact) mass is 408 g/mol. The molecule has 1 aromatic heterocycles. The van der Waals surface area contributed by atoms with Crippen molar-refractivity contribution in [3.05, 3.63) is 66.2 Å². The van der Waals surface area contributed by atoms with Crippen LogP contribution in [0.4, 0.5) is 0 Å². The summed E-state index contributed by atoms with van der Waals surface area (Å²) in [5.74, 6) is 3.09. The van der Waals surface area contributed by atoms with Crippen molar-refractivity contribution >= 4 is 5.96 Å². The van der Waals surface area contributed by atoms with Crippen LogP contribution < -0.4 is 14.8 Å². The van der Waals surface area contributed by atoms with E-state index in [-0.39, 0.29) is 0 Å². The van der Waals surface area contributed by atoms with Crippen molar-refractivity contribution in [2.75, 3.05) is 27.8 Å². The van der Waals surface area contributed by atoms with Gasteiger partial charge in [-0.25, -0.2) is 4.99 Å². The molecular weight excluding hydrogens is 380 g/mol. The van der Waals surface area contributed by atoms with Crippen molar-refractivity contribution in [1.82, 2.24) is 25.0 Å².